The van der Waals surface area contributed by atoms with Crippen molar-refractivity contribution in [2.45, 2.75) is 101 Å². The van der Waals surface area contributed by atoms with E-state index >= 15 is 0 Å². The van der Waals surface area contributed by atoms with Crippen molar-refractivity contribution < 1.29 is 14.3 Å². The Balaban J connectivity index is 1.31. The lowest BCUT2D eigenvalue weighted by molar-refractivity contribution is -0.125. The van der Waals surface area contributed by atoms with Crippen LogP contribution < -0.4 is 10.6 Å². The Morgan fingerprint density at radius 1 is 1.03 bits per heavy atom. The lowest BCUT2D eigenvalue weighted by Crippen LogP contribution is -2.58. The monoisotopic (exact) mass is 406 g/mol. The number of ether oxygens (including phenoxy) is 1. The lowest BCUT2D eigenvalue weighted by atomic mass is 9.82. The van der Waals surface area contributed by atoms with E-state index in [1.165, 1.54) is 19.3 Å². The highest BCUT2D eigenvalue weighted by atomic mass is 16.5. The molecule has 1 atom stereocenters. The molecule has 4 rings (SSSR count). The van der Waals surface area contributed by atoms with Gasteiger partial charge in [0.25, 0.3) is 0 Å². The second-order valence-corrected chi connectivity index (χ2v) is 9.42. The highest BCUT2D eigenvalue weighted by Gasteiger charge is 2.46. The first-order valence-corrected chi connectivity index (χ1v) is 11.9. The summed E-state index contributed by atoms with van der Waals surface area (Å²) < 4.78 is 6.29. The van der Waals surface area contributed by atoms with E-state index < -0.39 is 0 Å². The first kappa shape index (κ1) is 20.8. The molecule has 1 unspecified atom stereocenters. The van der Waals surface area contributed by atoms with Gasteiger partial charge in [0.15, 0.2) is 0 Å². The number of hydrogen-bond acceptors (Lipinski definition) is 3. The predicted octanol–water partition coefficient (Wildman–Crippen LogP) is 3.24. The number of amides is 4. The minimum Gasteiger partial charge on any atom is -0.375 e. The molecule has 7 heteroatoms. The Morgan fingerprint density at radius 3 is 2.41 bits per heavy atom. The van der Waals surface area contributed by atoms with E-state index in [-0.39, 0.29) is 23.7 Å². The Hall–Kier alpha value is -1.50. The van der Waals surface area contributed by atoms with Gasteiger partial charge in [-0.1, -0.05) is 19.3 Å². The molecule has 2 aliphatic carbocycles. The average molecular weight is 407 g/mol. The summed E-state index contributed by atoms with van der Waals surface area (Å²) in [6, 6.07) is 1.20. The number of piperidine rings is 1. The van der Waals surface area contributed by atoms with Crippen molar-refractivity contribution in [2.24, 2.45) is 0 Å². The molecule has 2 aliphatic heterocycles. The molecule has 0 radical (unpaired) electrons. The molecule has 2 N–H and O–H groups in total. The summed E-state index contributed by atoms with van der Waals surface area (Å²) in [4.78, 5) is 29.4. The van der Waals surface area contributed by atoms with Gasteiger partial charge in [0, 0.05) is 44.4 Å². The summed E-state index contributed by atoms with van der Waals surface area (Å²) in [6.45, 7) is 4.84. The Bertz CT molecular complexity index is 581. The fourth-order valence-corrected chi connectivity index (χ4v) is 5.44. The van der Waals surface area contributed by atoms with Crippen molar-refractivity contribution in [3.05, 3.63) is 0 Å². The largest absolute Gasteiger partial charge is 0.375 e. The van der Waals surface area contributed by atoms with E-state index in [9.17, 15) is 9.59 Å². The smallest absolute Gasteiger partial charge is 0.317 e. The van der Waals surface area contributed by atoms with Crippen LogP contribution in [0.15, 0.2) is 0 Å². The number of likely N-dealkylation sites (tertiary alicyclic amines) is 1. The first-order valence-electron chi connectivity index (χ1n) is 11.9. The predicted molar refractivity (Wildman–Crippen MR) is 112 cm³/mol. The highest BCUT2D eigenvalue weighted by Crippen LogP contribution is 2.40. The second kappa shape index (κ2) is 9.11. The van der Waals surface area contributed by atoms with E-state index in [0.29, 0.717) is 25.2 Å². The minimum absolute atomic E-state index is 0.0846. The van der Waals surface area contributed by atoms with Crippen LogP contribution in [-0.4, -0.2) is 71.8 Å². The van der Waals surface area contributed by atoms with Crippen LogP contribution in [0.25, 0.3) is 0 Å². The van der Waals surface area contributed by atoms with Crippen LogP contribution in [0, 0.1) is 0 Å². The number of rotatable bonds is 4. The standard InChI is InChI=1S/C22H38N4O3/c1-2-23-20(27)26(18-8-9-18)19-10-15-29-22(16-19)11-13-25(14-12-22)21(28)24-17-6-4-3-5-7-17/h17-19H,2-16H2,1H3,(H,23,27)(H,24,28). The number of hydrogen-bond donors (Lipinski definition) is 2. The molecule has 4 aliphatic rings. The molecule has 0 aromatic heterocycles. The zero-order chi connectivity index (χ0) is 20.3. The van der Waals surface area contributed by atoms with E-state index in [2.05, 4.69) is 15.5 Å². The number of urea groups is 2. The molecule has 164 valence electrons. The number of nitrogens with one attached hydrogen (secondary N) is 2. The van der Waals surface area contributed by atoms with E-state index in [4.69, 9.17) is 4.74 Å². The molecule has 0 bridgehead atoms. The van der Waals surface area contributed by atoms with Gasteiger partial charge < -0.3 is 25.2 Å². The summed E-state index contributed by atoms with van der Waals surface area (Å²) >= 11 is 0. The van der Waals surface area contributed by atoms with Gasteiger partial charge in [-0.15, -0.1) is 0 Å². The molecular weight excluding hydrogens is 368 g/mol. The van der Waals surface area contributed by atoms with Crippen molar-refractivity contribution in [3.63, 3.8) is 0 Å². The highest BCUT2D eigenvalue weighted by molar-refractivity contribution is 5.75. The van der Waals surface area contributed by atoms with Crippen molar-refractivity contribution in [2.75, 3.05) is 26.2 Å². The number of carbonyl (C=O) groups is 2. The van der Waals surface area contributed by atoms with Gasteiger partial charge in [0.05, 0.1) is 5.60 Å². The summed E-state index contributed by atoms with van der Waals surface area (Å²) in [7, 11) is 0. The average Bonchev–Trinajstić information content (AvgIpc) is 3.55. The van der Waals surface area contributed by atoms with Crippen LogP contribution in [0.2, 0.25) is 0 Å². The quantitative estimate of drug-likeness (QED) is 0.753. The molecule has 0 aromatic carbocycles. The van der Waals surface area contributed by atoms with E-state index in [1.54, 1.807) is 0 Å². The summed E-state index contributed by atoms with van der Waals surface area (Å²) in [6.07, 6.45) is 11.8. The molecular formula is C22H38N4O3. The third kappa shape index (κ3) is 4.98. The molecule has 2 saturated heterocycles. The first-order chi connectivity index (χ1) is 14.1. The molecule has 4 fully saturated rings. The molecule has 0 aromatic rings. The van der Waals surface area contributed by atoms with Crippen molar-refractivity contribution in [1.82, 2.24) is 20.4 Å². The maximum absolute atomic E-state index is 12.7. The molecule has 7 nitrogen and oxygen atoms in total. The second-order valence-electron chi connectivity index (χ2n) is 9.42. The fourth-order valence-electron chi connectivity index (χ4n) is 5.44. The maximum Gasteiger partial charge on any atom is 0.317 e. The summed E-state index contributed by atoms with van der Waals surface area (Å²) in [5.41, 5.74) is -0.176. The van der Waals surface area contributed by atoms with Gasteiger partial charge in [-0.2, -0.15) is 0 Å². The Kier molecular flexibility index (Phi) is 6.52. The van der Waals surface area contributed by atoms with Crippen LogP contribution in [0.3, 0.4) is 0 Å². The normalized spacial score (nSPS) is 27.5. The molecule has 1 spiro atoms. The minimum atomic E-state index is -0.176. The lowest BCUT2D eigenvalue weighted by Gasteiger charge is -2.48. The van der Waals surface area contributed by atoms with Gasteiger partial charge in [0.2, 0.25) is 0 Å². The third-order valence-corrected chi connectivity index (χ3v) is 7.26. The fraction of sp³-hybridized carbons (Fsp3) is 0.909. The zero-order valence-electron chi connectivity index (χ0n) is 18.0. The number of carbonyl (C=O) groups excluding carboxylic acids is 2. The number of nitrogens with zero attached hydrogens (tertiary/aromatic N) is 2. The van der Waals surface area contributed by atoms with Crippen molar-refractivity contribution in [3.8, 4) is 0 Å². The van der Waals surface area contributed by atoms with Crippen LogP contribution in [0.5, 0.6) is 0 Å². The molecule has 2 saturated carbocycles. The molecule has 2 heterocycles. The summed E-state index contributed by atoms with van der Waals surface area (Å²) in [5, 5.41) is 6.25. The Morgan fingerprint density at radius 2 is 1.76 bits per heavy atom. The molecule has 4 amide bonds. The topological polar surface area (TPSA) is 73.9 Å². The summed E-state index contributed by atoms with van der Waals surface area (Å²) in [5.74, 6) is 0. The van der Waals surface area contributed by atoms with Gasteiger partial charge in [-0.25, -0.2) is 9.59 Å². The SMILES string of the molecule is CCNC(=O)N(C1CC1)C1CCOC2(CCN(C(=O)NC3CCCCC3)CC2)C1. The van der Waals surface area contributed by atoms with E-state index in [0.717, 1.165) is 64.5 Å². The van der Waals surface area contributed by atoms with Crippen molar-refractivity contribution in [1.29, 1.82) is 0 Å². The molecule has 29 heavy (non-hydrogen) atoms. The van der Waals surface area contributed by atoms with Gasteiger partial charge in [-0.3, -0.25) is 0 Å². The van der Waals surface area contributed by atoms with Crippen LogP contribution >= 0.6 is 0 Å². The van der Waals surface area contributed by atoms with Gasteiger partial charge in [-0.05, 0) is 58.3 Å². The maximum atomic E-state index is 12.7. The van der Waals surface area contributed by atoms with E-state index in [1.807, 2.05) is 11.8 Å². The Labute approximate surface area is 174 Å². The zero-order valence-corrected chi connectivity index (χ0v) is 18.0. The van der Waals surface area contributed by atoms with Crippen LogP contribution in [-0.2, 0) is 4.74 Å². The third-order valence-electron chi connectivity index (χ3n) is 7.26. The van der Waals surface area contributed by atoms with Crippen LogP contribution in [0.4, 0.5) is 9.59 Å². The van der Waals surface area contributed by atoms with Gasteiger partial charge in [0.1, 0.15) is 0 Å². The van der Waals surface area contributed by atoms with Gasteiger partial charge >= 0.3 is 12.1 Å². The van der Waals surface area contributed by atoms with Crippen molar-refractivity contribution >= 4 is 12.1 Å². The van der Waals surface area contributed by atoms with Crippen LogP contribution in [0.1, 0.15) is 77.6 Å².